The number of nitrogens with zero attached hydrogens (tertiary/aromatic N) is 6. The van der Waals surface area contributed by atoms with E-state index >= 15 is 0 Å². The molecular weight excluding hydrogens is 276 g/mol. The molecule has 0 aliphatic carbocycles. The van der Waals surface area contributed by atoms with Gasteiger partial charge in [-0.15, -0.1) is 0 Å². The van der Waals surface area contributed by atoms with Crippen LogP contribution in [-0.2, 0) is 0 Å². The van der Waals surface area contributed by atoms with Crippen LogP contribution in [0.3, 0.4) is 0 Å². The second-order valence-corrected chi connectivity index (χ2v) is 5.03. The van der Waals surface area contributed by atoms with Crippen molar-refractivity contribution in [1.29, 1.82) is 0 Å². The van der Waals surface area contributed by atoms with Crippen LogP contribution >= 0.6 is 0 Å². The van der Waals surface area contributed by atoms with Gasteiger partial charge in [0.1, 0.15) is 0 Å². The molecule has 0 radical (unpaired) electrons. The van der Waals surface area contributed by atoms with E-state index in [9.17, 15) is 0 Å². The van der Waals surface area contributed by atoms with E-state index in [0.29, 0.717) is 17.9 Å². The van der Waals surface area contributed by atoms with Crippen molar-refractivity contribution in [3.63, 3.8) is 0 Å². The van der Waals surface area contributed by atoms with Crippen LogP contribution in [0.5, 0.6) is 0 Å². The minimum atomic E-state index is 0.304. The number of hydrogen-bond donors (Lipinski definition) is 0. The van der Waals surface area contributed by atoms with Gasteiger partial charge in [0.2, 0.25) is 11.9 Å². The van der Waals surface area contributed by atoms with Crippen molar-refractivity contribution in [2.75, 3.05) is 25.0 Å². The van der Waals surface area contributed by atoms with E-state index in [2.05, 4.69) is 36.8 Å². The summed E-state index contributed by atoms with van der Waals surface area (Å²) in [7, 11) is 2.14. The molecule has 1 aliphatic rings. The smallest absolute Gasteiger partial charge is 0.232 e. The summed E-state index contributed by atoms with van der Waals surface area (Å²) in [5, 5.41) is 0. The Balaban J connectivity index is 0.000000847. The molecule has 2 aromatic rings. The first-order valence-corrected chi connectivity index (χ1v) is 7.86. The minimum Gasteiger partial charge on any atom is -0.304 e. The Hall–Kier alpha value is -2.08. The summed E-state index contributed by atoms with van der Waals surface area (Å²) in [6.45, 7) is 6.10. The van der Waals surface area contributed by atoms with Crippen molar-refractivity contribution in [2.24, 2.45) is 0 Å². The van der Waals surface area contributed by atoms with E-state index in [4.69, 9.17) is 0 Å². The maximum Gasteiger partial charge on any atom is 0.232 e. The van der Waals surface area contributed by atoms with Gasteiger partial charge < -0.3 is 4.90 Å². The third-order valence-electron chi connectivity index (χ3n) is 3.50. The van der Waals surface area contributed by atoms with Crippen LogP contribution in [-0.4, -0.2) is 51.0 Å². The Morgan fingerprint density at radius 3 is 1.91 bits per heavy atom. The van der Waals surface area contributed by atoms with Gasteiger partial charge in [0.05, 0.1) is 6.04 Å². The molecule has 1 saturated heterocycles. The fraction of sp³-hybridized carbons (Fsp3) is 0.500. The highest BCUT2D eigenvalue weighted by Gasteiger charge is 2.28. The summed E-state index contributed by atoms with van der Waals surface area (Å²) in [4.78, 5) is 21.9. The molecule has 0 saturated carbocycles. The molecule has 118 valence electrons. The summed E-state index contributed by atoms with van der Waals surface area (Å²) in [5.41, 5.74) is 0. The van der Waals surface area contributed by atoms with E-state index in [-0.39, 0.29) is 0 Å². The third-order valence-corrected chi connectivity index (χ3v) is 3.50. The quantitative estimate of drug-likeness (QED) is 0.868. The van der Waals surface area contributed by atoms with Gasteiger partial charge >= 0.3 is 0 Å². The van der Waals surface area contributed by atoms with Gasteiger partial charge in [-0.3, -0.25) is 4.90 Å². The zero-order valence-corrected chi connectivity index (χ0v) is 13.6. The van der Waals surface area contributed by atoms with Crippen LogP contribution in [0.4, 0.5) is 11.9 Å². The Morgan fingerprint density at radius 1 is 0.955 bits per heavy atom. The maximum atomic E-state index is 4.37. The highest BCUT2D eigenvalue weighted by Crippen LogP contribution is 2.25. The number of hydrogen-bond acceptors (Lipinski definition) is 6. The molecule has 1 atom stereocenters. The number of anilines is 2. The van der Waals surface area contributed by atoms with Gasteiger partial charge in [-0.1, -0.05) is 13.8 Å². The van der Waals surface area contributed by atoms with Gasteiger partial charge in [0, 0.05) is 31.3 Å². The molecule has 3 rings (SSSR count). The maximum absolute atomic E-state index is 4.37. The first-order valence-electron chi connectivity index (χ1n) is 7.86. The Kier molecular flexibility index (Phi) is 6.21. The Labute approximate surface area is 132 Å². The van der Waals surface area contributed by atoms with Crippen LogP contribution in [0.1, 0.15) is 26.7 Å². The molecule has 2 aromatic heterocycles. The average molecular weight is 300 g/mol. The number of likely N-dealkylation sites (N-methyl/N-ethyl adjacent to an activating group) is 1. The molecule has 3 heterocycles. The van der Waals surface area contributed by atoms with Crippen LogP contribution < -0.4 is 4.90 Å². The van der Waals surface area contributed by atoms with Gasteiger partial charge in [0.15, 0.2) is 0 Å². The summed E-state index contributed by atoms with van der Waals surface area (Å²) in [6, 6.07) is 3.94. The van der Waals surface area contributed by atoms with Crippen LogP contribution in [0, 0.1) is 0 Å². The predicted octanol–water partition coefficient (Wildman–Crippen LogP) is 2.53. The first-order chi connectivity index (χ1) is 10.8. The van der Waals surface area contributed by atoms with Gasteiger partial charge in [-0.2, -0.15) is 0 Å². The molecule has 0 N–H and O–H groups in total. The second kappa shape index (κ2) is 8.38. The van der Waals surface area contributed by atoms with Crippen LogP contribution in [0.15, 0.2) is 36.9 Å². The SMILES string of the molecule is CC.CN1CCC[C@@H](N(c2ncccn2)c2ncccn2)C1. The summed E-state index contributed by atoms with van der Waals surface area (Å²) in [6.07, 6.45) is 9.28. The topological polar surface area (TPSA) is 58.0 Å². The number of aromatic nitrogens is 4. The van der Waals surface area contributed by atoms with E-state index in [0.717, 1.165) is 25.9 Å². The van der Waals surface area contributed by atoms with Crippen molar-refractivity contribution >= 4 is 11.9 Å². The van der Waals surface area contributed by atoms with Gasteiger partial charge in [0.25, 0.3) is 0 Å². The molecule has 1 aliphatic heterocycles. The second-order valence-electron chi connectivity index (χ2n) is 5.03. The van der Waals surface area contributed by atoms with E-state index in [1.807, 2.05) is 26.0 Å². The minimum absolute atomic E-state index is 0.304. The molecule has 0 aromatic carbocycles. The van der Waals surface area contributed by atoms with Gasteiger partial charge in [-0.25, -0.2) is 19.9 Å². The molecule has 0 unspecified atom stereocenters. The zero-order valence-electron chi connectivity index (χ0n) is 13.6. The van der Waals surface area contributed by atoms with Crippen molar-refractivity contribution < 1.29 is 0 Å². The van der Waals surface area contributed by atoms with E-state index in [1.165, 1.54) is 0 Å². The Bertz CT molecular complexity index is 493. The van der Waals surface area contributed by atoms with Crippen molar-refractivity contribution in [1.82, 2.24) is 24.8 Å². The lowest BCUT2D eigenvalue weighted by Crippen LogP contribution is -2.45. The monoisotopic (exact) mass is 300 g/mol. The largest absolute Gasteiger partial charge is 0.304 e. The zero-order chi connectivity index (χ0) is 15.8. The fourth-order valence-corrected chi connectivity index (χ4v) is 2.60. The number of rotatable bonds is 3. The first kappa shape index (κ1) is 16.3. The summed E-state index contributed by atoms with van der Waals surface area (Å²) >= 11 is 0. The molecule has 0 bridgehead atoms. The predicted molar refractivity (Wildman–Crippen MR) is 88.1 cm³/mol. The lowest BCUT2D eigenvalue weighted by molar-refractivity contribution is 0.249. The summed E-state index contributed by atoms with van der Waals surface area (Å²) < 4.78 is 0. The lowest BCUT2D eigenvalue weighted by atomic mass is 10.1. The normalized spacial score (nSPS) is 18.2. The van der Waals surface area contributed by atoms with E-state index < -0.39 is 0 Å². The molecule has 22 heavy (non-hydrogen) atoms. The molecule has 0 amide bonds. The van der Waals surface area contributed by atoms with Gasteiger partial charge in [-0.05, 0) is 38.6 Å². The fourth-order valence-electron chi connectivity index (χ4n) is 2.60. The van der Waals surface area contributed by atoms with Crippen LogP contribution in [0.25, 0.3) is 0 Å². The Morgan fingerprint density at radius 2 is 1.45 bits per heavy atom. The molecule has 6 heteroatoms. The van der Waals surface area contributed by atoms with Crippen molar-refractivity contribution in [3.05, 3.63) is 36.9 Å². The average Bonchev–Trinajstić information content (AvgIpc) is 2.59. The molecule has 0 spiro atoms. The molecular formula is C16H24N6. The number of likely N-dealkylation sites (tertiary alicyclic amines) is 1. The highest BCUT2D eigenvalue weighted by atomic mass is 15.4. The third kappa shape index (κ3) is 3.98. The van der Waals surface area contributed by atoms with Crippen LogP contribution in [0.2, 0.25) is 0 Å². The molecule has 6 nitrogen and oxygen atoms in total. The lowest BCUT2D eigenvalue weighted by Gasteiger charge is -2.36. The number of piperidine rings is 1. The molecule has 1 fully saturated rings. The highest BCUT2D eigenvalue weighted by molar-refractivity contribution is 5.48. The van der Waals surface area contributed by atoms with E-state index in [1.54, 1.807) is 24.8 Å². The van der Waals surface area contributed by atoms with Crippen molar-refractivity contribution in [2.45, 2.75) is 32.7 Å². The standard InChI is InChI=1S/C14H18N6.C2H6/c1-19-10-2-5-12(11-19)20(13-15-6-3-7-16-13)14-17-8-4-9-18-14;1-2/h3-4,6-9,12H,2,5,10-11H2,1H3;1-2H3/t12-;/m1./s1. The summed E-state index contributed by atoms with van der Waals surface area (Å²) in [5.74, 6) is 1.33. The van der Waals surface area contributed by atoms with Crippen molar-refractivity contribution in [3.8, 4) is 0 Å².